The van der Waals surface area contributed by atoms with Crippen molar-refractivity contribution in [2.24, 2.45) is 0 Å². The number of ether oxygens (including phenoxy) is 1. The van der Waals surface area contributed by atoms with Crippen molar-refractivity contribution in [3.05, 3.63) is 69.8 Å². The summed E-state index contributed by atoms with van der Waals surface area (Å²) in [7, 11) is 0. The molecule has 21 heavy (non-hydrogen) atoms. The van der Waals surface area contributed by atoms with Crippen molar-refractivity contribution in [1.29, 1.82) is 0 Å². The fourth-order valence-corrected chi connectivity index (χ4v) is 2.62. The molecule has 1 aliphatic heterocycles. The van der Waals surface area contributed by atoms with Gasteiger partial charge in [0.1, 0.15) is 0 Å². The maximum Gasteiger partial charge on any atom is 0.269 e. The minimum atomic E-state index is -0.461. The fourth-order valence-electron chi connectivity index (χ4n) is 2.62. The van der Waals surface area contributed by atoms with Gasteiger partial charge in [-0.1, -0.05) is 30.3 Å². The molecule has 0 spiro atoms. The highest BCUT2D eigenvalue weighted by Crippen LogP contribution is 2.41. The van der Waals surface area contributed by atoms with Crippen molar-refractivity contribution in [3.63, 3.8) is 0 Å². The Hall–Kier alpha value is -2.40. The van der Waals surface area contributed by atoms with Gasteiger partial charge in [-0.2, -0.15) is 0 Å². The van der Waals surface area contributed by atoms with Crippen LogP contribution in [0.5, 0.6) is 0 Å². The minimum absolute atomic E-state index is 0.0644. The van der Waals surface area contributed by atoms with Crippen LogP contribution in [0.2, 0.25) is 0 Å². The first-order valence-electron chi connectivity index (χ1n) is 6.75. The summed E-state index contributed by atoms with van der Waals surface area (Å²) in [6, 6.07) is 14.5. The van der Waals surface area contributed by atoms with Crippen LogP contribution in [-0.2, 0) is 10.3 Å². The van der Waals surface area contributed by atoms with Crippen LogP contribution >= 0.6 is 0 Å². The van der Waals surface area contributed by atoms with Gasteiger partial charge in [0.2, 0.25) is 0 Å². The zero-order valence-electron chi connectivity index (χ0n) is 11.9. The van der Waals surface area contributed by atoms with E-state index < -0.39 is 16.8 Å². The Kier molecular flexibility index (Phi) is 3.14. The molecule has 1 heterocycles. The highest BCUT2D eigenvalue weighted by atomic mass is 16.6. The van der Waals surface area contributed by atoms with Crippen LogP contribution in [0.3, 0.4) is 0 Å². The van der Waals surface area contributed by atoms with Crippen LogP contribution in [0, 0.1) is 10.1 Å². The molecule has 5 heteroatoms. The van der Waals surface area contributed by atoms with Gasteiger partial charge in [-0.05, 0) is 19.9 Å². The fraction of sp³-hybridized carbons (Fsp3) is 0.250. The third kappa shape index (κ3) is 2.48. The van der Waals surface area contributed by atoms with E-state index in [1.54, 1.807) is 12.1 Å². The molecule has 5 nitrogen and oxygen atoms in total. The first-order chi connectivity index (χ1) is 9.97. The van der Waals surface area contributed by atoms with Gasteiger partial charge >= 0.3 is 0 Å². The standard InChI is InChI=1S/C16H16N2O3/c1-16(2)13-8-3-4-9-14(13)17-15(21-16)11-6-5-7-12(10-11)18(19)20/h3-10,15,17H,1-2H3. The highest BCUT2D eigenvalue weighted by molar-refractivity contribution is 5.56. The topological polar surface area (TPSA) is 64.4 Å². The molecule has 1 N–H and O–H groups in total. The molecule has 2 aromatic carbocycles. The Morgan fingerprint density at radius 1 is 1.19 bits per heavy atom. The molecule has 1 atom stereocenters. The van der Waals surface area contributed by atoms with E-state index in [1.165, 1.54) is 6.07 Å². The molecule has 0 saturated heterocycles. The molecular formula is C16H16N2O3. The lowest BCUT2D eigenvalue weighted by atomic mass is 9.93. The highest BCUT2D eigenvalue weighted by Gasteiger charge is 2.34. The van der Waals surface area contributed by atoms with E-state index in [1.807, 2.05) is 44.2 Å². The van der Waals surface area contributed by atoms with E-state index in [0.29, 0.717) is 0 Å². The summed E-state index contributed by atoms with van der Waals surface area (Å²) in [5.41, 5.74) is 2.41. The van der Waals surface area contributed by atoms with Gasteiger partial charge in [0.15, 0.2) is 6.23 Å². The number of rotatable bonds is 2. The summed E-state index contributed by atoms with van der Waals surface area (Å²) in [5.74, 6) is 0. The molecule has 0 amide bonds. The Balaban J connectivity index is 1.99. The summed E-state index contributed by atoms with van der Waals surface area (Å²) in [6.07, 6.45) is -0.408. The van der Waals surface area contributed by atoms with Crippen molar-refractivity contribution in [2.45, 2.75) is 25.7 Å². The minimum Gasteiger partial charge on any atom is -0.356 e. The maximum atomic E-state index is 10.9. The van der Waals surface area contributed by atoms with E-state index in [4.69, 9.17) is 4.74 Å². The normalized spacial score (nSPS) is 19.4. The van der Waals surface area contributed by atoms with Crippen LogP contribution in [0.25, 0.3) is 0 Å². The number of para-hydroxylation sites is 1. The Morgan fingerprint density at radius 2 is 1.95 bits per heavy atom. The van der Waals surface area contributed by atoms with Gasteiger partial charge in [0.25, 0.3) is 5.69 Å². The van der Waals surface area contributed by atoms with E-state index in [9.17, 15) is 10.1 Å². The van der Waals surface area contributed by atoms with Gasteiger partial charge in [-0.3, -0.25) is 10.1 Å². The Labute approximate surface area is 122 Å². The number of anilines is 1. The van der Waals surface area contributed by atoms with Crippen LogP contribution in [-0.4, -0.2) is 4.92 Å². The molecule has 108 valence electrons. The van der Waals surface area contributed by atoms with Gasteiger partial charge < -0.3 is 10.1 Å². The second-order valence-corrected chi connectivity index (χ2v) is 5.55. The summed E-state index contributed by atoms with van der Waals surface area (Å²) in [4.78, 5) is 10.5. The lowest BCUT2D eigenvalue weighted by Gasteiger charge is -2.39. The second kappa shape index (κ2) is 4.86. The van der Waals surface area contributed by atoms with Gasteiger partial charge in [-0.25, -0.2) is 0 Å². The number of benzene rings is 2. The van der Waals surface area contributed by atoms with E-state index in [0.717, 1.165) is 16.8 Å². The number of hydrogen-bond acceptors (Lipinski definition) is 4. The SMILES string of the molecule is CC1(C)OC(c2cccc([N+](=O)[O-])c2)Nc2ccccc21. The van der Waals surface area contributed by atoms with E-state index >= 15 is 0 Å². The van der Waals surface area contributed by atoms with Crippen LogP contribution in [0.1, 0.15) is 31.2 Å². The van der Waals surface area contributed by atoms with Crippen molar-refractivity contribution < 1.29 is 9.66 Å². The van der Waals surface area contributed by atoms with E-state index in [-0.39, 0.29) is 5.69 Å². The van der Waals surface area contributed by atoms with Gasteiger partial charge in [0, 0.05) is 28.9 Å². The predicted molar refractivity (Wildman–Crippen MR) is 80.0 cm³/mol. The third-order valence-electron chi connectivity index (χ3n) is 3.66. The molecule has 0 radical (unpaired) electrons. The van der Waals surface area contributed by atoms with Crippen LogP contribution in [0.15, 0.2) is 48.5 Å². The molecule has 3 rings (SSSR count). The molecule has 0 fully saturated rings. The largest absolute Gasteiger partial charge is 0.356 e. The monoisotopic (exact) mass is 284 g/mol. The molecule has 0 bridgehead atoms. The number of non-ortho nitro benzene ring substituents is 1. The van der Waals surface area contributed by atoms with Crippen molar-refractivity contribution in [1.82, 2.24) is 0 Å². The zero-order valence-corrected chi connectivity index (χ0v) is 11.9. The first-order valence-corrected chi connectivity index (χ1v) is 6.75. The van der Waals surface area contributed by atoms with Crippen molar-refractivity contribution in [2.75, 3.05) is 5.32 Å². The van der Waals surface area contributed by atoms with Gasteiger partial charge in [0.05, 0.1) is 10.5 Å². The second-order valence-electron chi connectivity index (χ2n) is 5.55. The number of fused-ring (bicyclic) bond motifs is 1. The quantitative estimate of drug-likeness (QED) is 0.669. The summed E-state index contributed by atoms with van der Waals surface area (Å²) >= 11 is 0. The average Bonchev–Trinajstić information content (AvgIpc) is 2.46. The first kappa shape index (κ1) is 13.6. The van der Waals surface area contributed by atoms with E-state index in [2.05, 4.69) is 5.32 Å². The zero-order chi connectivity index (χ0) is 15.0. The molecule has 1 unspecified atom stereocenters. The summed E-state index contributed by atoms with van der Waals surface area (Å²) < 4.78 is 6.09. The molecule has 0 aromatic heterocycles. The molecule has 0 aliphatic carbocycles. The lowest BCUT2D eigenvalue weighted by Crippen LogP contribution is -2.34. The summed E-state index contributed by atoms with van der Waals surface area (Å²) in [5, 5.41) is 14.2. The van der Waals surface area contributed by atoms with Crippen LogP contribution in [0.4, 0.5) is 11.4 Å². The van der Waals surface area contributed by atoms with Gasteiger partial charge in [-0.15, -0.1) is 0 Å². The summed E-state index contributed by atoms with van der Waals surface area (Å²) in [6.45, 7) is 3.99. The molecular weight excluding hydrogens is 268 g/mol. The number of hydrogen-bond donors (Lipinski definition) is 1. The Bertz CT molecular complexity index is 697. The van der Waals surface area contributed by atoms with Crippen molar-refractivity contribution in [3.8, 4) is 0 Å². The Morgan fingerprint density at radius 3 is 2.71 bits per heavy atom. The van der Waals surface area contributed by atoms with Crippen LogP contribution < -0.4 is 5.32 Å². The molecule has 1 aliphatic rings. The number of nitro benzene ring substituents is 1. The smallest absolute Gasteiger partial charge is 0.269 e. The average molecular weight is 284 g/mol. The molecule has 0 saturated carbocycles. The maximum absolute atomic E-state index is 10.9. The number of nitrogens with zero attached hydrogens (tertiary/aromatic N) is 1. The third-order valence-corrected chi connectivity index (χ3v) is 3.66. The number of nitro groups is 1. The number of nitrogens with one attached hydrogen (secondary N) is 1. The predicted octanol–water partition coefficient (Wildman–Crippen LogP) is 3.97. The van der Waals surface area contributed by atoms with Crippen molar-refractivity contribution >= 4 is 11.4 Å². The molecule has 2 aromatic rings. The lowest BCUT2D eigenvalue weighted by molar-refractivity contribution is -0.385.